The van der Waals surface area contributed by atoms with Crippen molar-refractivity contribution >= 4 is 41.3 Å². The number of rotatable bonds is 7. The van der Waals surface area contributed by atoms with Gasteiger partial charge in [-0.2, -0.15) is 0 Å². The average molecular weight is 555 g/mol. The highest BCUT2D eigenvalue weighted by Crippen LogP contribution is 2.39. The molecule has 0 bridgehead atoms. The molecule has 4 rings (SSSR count). The third-order valence-electron chi connectivity index (χ3n) is 7.54. The van der Waals surface area contributed by atoms with E-state index in [1.54, 1.807) is 19.9 Å². The fourth-order valence-electron chi connectivity index (χ4n) is 5.18. The topological polar surface area (TPSA) is 129 Å². The maximum atomic E-state index is 14.3. The summed E-state index contributed by atoms with van der Waals surface area (Å²) in [4.78, 5) is 60.3. The number of benzene rings is 1. The van der Waals surface area contributed by atoms with E-state index < -0.39 is 23.8 Å². The van der Waals surface area contributed by atoms with Crippen LogP contribution >= 0.6 is 0 Å². The summed E-state index contributed by atoms with van der Waals surface area (Å²) < 4.78 is 14.3. The van der Waals surface area contributed by atoms with Crippen LogP contribution in [0.2, 0.25) is 0 Å². The molecule has 1 saturated heterocycles. The molecule has 3 heterocycles. The standard InChI is InChI=1S/C28H35FN6O5/c1-5-32(6-2)10-9-30-25(36)24-17(3)22(31-18(24)4)16-21-20-15-19(29)7-8-23(20)35(26(21)37)27(38)33-11-13-34(14-12-33)28(39)40/h7-8,15-16,31H,5-6,9-14H2,1-4H3,(H,30,36)(H,39,40)/b21-16-. The lowest BCUT2D eigenvalue weighted by Gasteiger charge is -2.34. The molecule has 0 saturated carbocycles. The highest BCUT2D eigenvalue weighted by atomic mass is 19.1. The highest BCUT2D eigenvalue weighted by molar-refractivity contribution is 6.42. The molecule has 12 heteroatoms. The fourth-order valence-corrected chi connectivity index (χ4v) is 5.18. The van der Waals surface area contributed by atoms with Gasteiger partial charge in [0.1, 0.15) is 5.82 Å². The third kappa shape index (κ3) is 5.57. The maximum Gasteiger partial charge on any atom is 0.407 e. The monoisotopic (exact) mass is 554 g/mol. The van der Waals surface area contributed by atoms with E-state index in [-0.39, 0.29) is 48.9 Å². The van der Waals surface area contributed by atoms with Gasteiger partial charge in [-0.15, -0.1) is 0 Å². The number of aryl methyl sites for hydroxylation is 1. The predicted molar refractivity (Wildman–Crippen MR) is 149 cm³/mol. The molecule has 214 valence electrons. The maximum absolute atomic E-state index is 14.3. The average Bonchev–Trinajstić information content (AvgIpc) is 3.37. The summed E-state index contributed by atoms with van der Waals surface area (Å²) in [6.45, 7) is 11.2. The normalized spacial score (nSPS) is 16.2. The Balaban J connectivity index is 1.60. The number of aromatic amines is 1. The van der Waals surface area contributed by atoms with Gasteiger partial charge >= 0.3 is 12.1 Å². The number of nitrogens with one attached hydrogen (secondary N) is 2. The van der Waals surface area contributed by atoms with Crippen LogP contribution in [-0.4, -0.2) is 101 Å². The number of fused-ring (bicyclic) bond motifs is 1. The summed E-state index contributed by atoms with van der Waals surface area (Å²) in [6.07, 6.45) is 0.481. The van der Waals surface area contributed by atoms with Gasteiger partial charge in [0.05, 0.1) is 16.8 Å². The summed E-state index contributed by atoms with van der Waals surface area (Å²) in [5.41, 5.74) is 2.86. The number of likely N-dealkylation sites (N-methyl/N-ethyl adjacent to an activating group) is 1. The van der Waals surface area contributed by atoms with Gasteiger partial charge in [-0.05, 0) is 56.8 Å². The van der Waals surface area contributed by atoms with Gasteiger partial charge in [0.25, 0.3) is 11.8 Å². The van der Waals surface area contributed by atoms with Crippen LogP contribution < -0.4 is 10.2 Å². The lowest BCUT2D eigenvalue weighted by molar-refractivity contribution is -0.112. The highest BCUT2D eigenvalue weighted by Gasteiger charge is 2.40. The molecule has 2 aliphatic rings. The summed E-state index contributed by atoms with van der Waals surface area (Å²) in [5.74, 6) is -1.41. The Hall–Kier alpha value is -4.19. The second-order valence-corrected chi connectivity index (χ2v) is 9.85. The van der Waals surface area contributed by atoms with E-state index in [1.807, 2.05) is 0 Å². The number of carbonyl (C=O) groups excluding carboxylic acids is 3. The van der Waals surface area contributed by atoms with Crippen LogP contribution in [-0.2, 0) is 4.79 Å². The van der Waals surface area contributed by atoms with E-state index >= 15 is 0 Å². The number of H-pyrrole nitrogens is 1. The number of imide groups is 1. The van der Waals surface area contributed by atoms with Crippen molar-refractivity contribution < 1.29 is 28.7 Å². The molecule has 0 atom stereocenters. The molecule has 1 aromatic carbocycles. The largest absolute Gasteiger partial charge is 0.465 e. The number of halogens is 1. The molecule has 3 N–H and O–H groups in total. The van der Waals surface area contributed by atoms with Crippen LogP contribution in [0.25, 0.3) is 11.6 Å². The van der Waals surface area contributed by atoms with Gasteiger partial charge in [-0.25, -0.2) is 18.9 Å². The molecule has 0 unspecified atom stereocenters. The van der Waals surface area contributed by atoms with Gasteiger partial charge in [0.2, 0.25) is 0 Å². The Kier molecular flexibility index (Phi) is 8.58. The first-order valence-corrected chi connectivity index (χ1v) is 13.4. The first kappa shape index (κ1) is 28.8. The molecule has 0 radical (unpaired) electrons. The number of hydrogen-bond acceptors (Lipinski definition) is 5. The molecular weight excluding hydrogens is 519 g/mol. The Morgan fingerprint density at radius 3 is 2.38 bits per heavy atom. The molecule has 5 amide bonds. The molecule has 0 aliphatic carbocycles. The van der Waals surface area contributed by atoms with Crippen molar-refractivity contribution in [2.75, 3.05) is 57.3 Å². The van der Waals surface area contributed by atoms with Crippen molar-refractivity contribution in [3.05, 3.63) is 52.1 Å². The van der Waals surface area contributed by atoms with Crippen molar-refractivity contribution in [1.29, 1.82) is 0 Å². The van der Waals surface area contributed by atoms with Crippen molar-refractivity contribution in [2.45, 2.75) is 27.7 Å². The number of anilines is 1. The SMILES string of the molecule is CCN(CC)CCNC(=O)c1c(C)[nH]c(/C=C2\C(=O)N(C(=O)N3CCN(C(=O)O)CC3)c3ccc(F)cc32)c1C. The molecule has 11 nitrogen and oxygen atoms in total. The first-order chi connectivity index (χ1) is 19.1. The van der Waals surface area contributed by atoms with Gasteiger partial charge in [0, 0.05) is 56.2 Å². The second-order valence-electron chi connectivity index (χ2n) is 9.85. The summed E-state index contributed by atoms with van der Waals surface area (Å²) in [5, 5.41) is 12.1. The quantitative estimate of drug-likeness (QED) is 0.451. The zero-order chi connectivity index (χ0) is 29.1. The van der Waals surface area contributed by atoms with Crippen LogP contribution in [0.15, 0.2) is 18.2 Å². The number of hydrogen-bond donors (Lipinski definition) is 3. The third-order valence-corrected chi connectivity index (χ3v) is 7.54. The number of carboxylic acid groups (broad SMARTS) is 1. The van der Waals surface area contributed by atoms with E-state index in [2.05, 4.69) is 29.0 Å². The number of piperazine rings is 1. The van der Waals surface area contributed by atoms with Crippen LogP contribution in [0.1, 0.15) is 46.7 Å². The smallest absolute Gasteiger partial charge is 0.407 e. The van der Waals surface area contributed by atoms with E-state index in [0.29, 0.717) is 29.1 Å². The lowest BCUT2D eigenvalue weighted by atomic mass is 10.0. The molecule has 2 aliphatic heterocycles. The molecule has 2 aromatic rings. The number of urea groups is 1. The minimum Gasteiger partial charge on any atom is -0.465 e. The minimum atomic E-state index is -1.07. The van der Waals surface area contributed by atoms with Crippen molar-refractivity contribution in [1.82, 2.24) is 25.0 Å². The van der Waals surface area contributed by atoms with Crippen molar-refractivity contribution in [2.24, 2.45) is 0 Å². The van der Waals surface area contributed by atoms with Crippen LogP contribution in [0.4, 0.5) is 19.7 Å². The van der Waals surface area contributed by atoms with Crippen molar-refractivity contribution in [3.8, 4) is 0 Å². The van der Waals surface area contributed by atoms with Crippen LogP contribution in [0.3, 0.4) is 0 Å². The van der Waals surface area contributed by atoms with Gasteiger partial charge in [-0.3, -0.25) is 9.59 Å². The van der Waals surface area contributed by atoms with E-state index in [1.165, 1.54) is 28.0 Å². The van der Waals surface area contributed by atoms with Crippen LogP contribution in [0, 0.1) is 19.7 Å². The lowest BCUT2D eigenvalue weighted by Crippen LogP contribution is -2.54. The second kappa shape index (κ2) is 11.9. The molecule has 0 spiro atoms. The van der Waals surface area contributed by atoms with Gasteiger partial charge in [-0.1, -0.05) is 13.8 Å². The van der Waals surface area contributed by atoms with E-state index in [0.717, 1.165) is 24.5 Å². The minimum absolute atomic E-state index is 0.116. The Bertz CT molecular complexity index is 1360. The first-order valence-electron chi connectivity index (χ1n) is 13.4. The Morgan fingerprint density at radius 2 is 1.75 bits per heavy atom. The Morgan fingerprint density at radius 1 is 1.10 bits per heavy atom. The van der Waals surface area contributed by atoms with E-state index in [4.69, 9.17) is 0 Å². The molecular formula is C28H35FN6O5. The number of aromatic nitrogens is 1. The molecule has 1 fully saturated rings. The van der Waals surface area contributed by atoms with Crippen molar-refractivity contribution in [3.63, 3.8) is 0 Å². The predicted octanol–water partition coefficient (Wildman–Crippen LogP) is 3.15. The zero-order valence-electron chi connectivity index (χ0n) is 23.2. The molecule has 1 aromatic heterocycles. The summed E-state index contributed by atoms with van der Waals surface area (Å²) in [6, 6.07) is 3.18. The fraction of sp³-hybridized carbons (Fsp3) is 0.429. The molecule has 40 heavy (non-hydrogen) atoms. The number of carbonyl (C=O) groups is 4. The number of amides is 5. The summed E-state index contributed by atoms with van der Waals surface area (Å²) >= 11 is 0. The number of nitrogens with zero attached hydrogens (tertiary/aromatic N) is 4. The van der Waals surface area contributed by atoms with Crippen LogP contribution in [0.5, 0.6) is 0 Å². The zero-order valence-corrected chi connectivity index (χ0v) is 23.2. The Labute approximate surface area is 232 Å². The van der Waals surface area contributed by atoms with Gasteiger partial charge in [0.15, 0.2) is 0 Å². The van der Waals surface area contributed by atoms with Gasteiger partial charge < -0.3 is 30.1 Å². The van der Waals surface area contributed by atoms with E-state index in [9.17, 15) is 28.7 Å². The summed E-state index contributed by atoms with van der Waals surface area (Å²) in [7, 11) is 0.